The number of aryl methyl sites for hydroxylation is 3. The fraction of sp³-hybridized carbons (Fsp3) is 0.529. The Labute approximate surface area is 357 Å². The maximum Gasteiger partial charge on any atom is 0.133 e. The maximum atomic E-state index is 11.6. The number of fused-ring (bicyclic) bond motifs is 12. The van der Waals surface area contributed by atoms with Gasteiger partial charge in [-0.25, -0.2) is 0 Å². The van der Waals surface area contributed by atoms with Crippen LogP contribution in [0.25, 0.3) is 0 Å². The second kappa shape index (κ2) is 15.2. The number of hydrogen-bond acceptors (Lipinski definition) is 9. The molecule has 3 saturated carbocycles. The van der Waals surface area contributed by atoms with Crippen molar-refractivity contribution in [1.82, 2.24) is 0 Å². The maximum absolute atomic E-state index is 11.6. The molecule has 3 aromatic carbocycles. The van der Waals surface area contributed by atoms with Crippen LogP contribution in [0.5, 0.6) is 17.2 Å². The van der Waals surface area contributed by atoms with Crippen LogP contribution in [0.3, 0.4) is 0 Å². The van der Waals surface area contributed by atoms with E-state index in [1.165, 1.54) is 0 Å². The molecule has 3 N–H and O–H groups in total. The van der Waals surface area contributed by atoms with E-state index in [-0.39, 0.29) is 51.6 Å². The third-order valence-corrected chi connectivity index (χ3v) is 16.0. The van der Waals surface area contributed by atoms with Gasteiger partial charge < -0.3 is 15.3 Å². The lowest BCUT2D eigenvalue weighted by molar-refractivity contribution is 0.211. The Morgan fingerprint density at radius 2 is 0.600 bits per heavy atom. The summed E-state index contributed by atoms with van der Waals surface area (Å²) in [4.78, 5) is 30.9. The molecular formula is C51H66N6O3. The number of nitrogens with zero attached hydrogens (tertiary/aromatic N) is 6. The molecule has 0 spiro atoms. The number of rotatable bonds is 0. The second-order valence-corrected chi connectivity index (χ2v) is 20.6. The smallest absolute Gasteiger partial charge is 0.133 e. The van der Waals surface area contributed by atoms with Crippen LogP contribution in [0.15, 0.2) is 66.4 Å². The average Bonchev–Trinajstić information content (AvgIpc) is 3.65. The second-order valence-electron chi connectivity index (χ2n) is 20.6. The molecule has 3 fully saturated rings. The van der Waals surface area contributed by atoms with Crippen molar-refractivity contribution in [3.63, 3.8) is 0 Å². The monoisotopic (exact) mass is 811 g/mol. The molecule has 1 heterocycles. The van der Waals surface area contributed by atoms with E-state index in [0.29, 0.717) is 33.4 Å². The molecule has 318 valence electrons. The summed E-state index contributed by atoms with van der Waals surface area (Å²) in [5.74, 6) is 0.479. The highest BCUT2D eigenvalue weighted by molar-refractivity contribution is 5.94. The van der Waals surface area contributed by atoms with E-state index in [4.69, 9.17) is 30.0 Å². The number of phenols is 3. The van der Waals surface area contributed by atoms with Gasteiger partial charge >= 0.3 is 0 Å². The first-order chi connectivity index (χ1) is 28.0. The molecule has 9 heteroatoms. The first-order valence-electron chi connectivity index (χ1n) is 21.8. The van der Waals surface area contributed by atoms with E-state index in [9.17, 15) is 15.3 Å². The normalized spacial score (nSPS) is 30.5. The van der Waals surface area contributed by atoms with Gasteiger partial charge in [-0.05, 0) is 133 Å². The van der Waals surface area contributed by atoms with Crippen molar-refractivity contribution in [2.24, 2.45) is 46.2 Å². The van der Waals surface area contributed by atoms with Crippen LogP contribution in [0.2, 0.25) is 0 Å². The predicted octanol–water partition coefficient (Wildman–Crippen LogP) is 10.5. The van der Waals surface area contributed by atoms with Crippen LogP contribution in [0.1, 0.15) is 151 Å². The number of aromatic hydroxyl groups is 3. The Balaban J connectivity index is 1.31. The molecule has 0 unspecified atom stereocenters. The summed E-state index contributed by atoms with van der Waals surface area (Å²) in [6, 6.07) is 11.7. The molecule has 60 heavy (non-hydrogen) atoms. The number of aliphatic imine (C=N–C) groups is 6. The van der Waals surface area contributed by atoms with E-state index < -0.39 is 16.6 Å². The van der Waals surface area contributed by atoms with Crippen LogP contribution in [-0.4, -0.2) is 87.3 Å². The molecule has 1 aliphatic heterocycles. The summed E-state index contributed by atoms with van der Waals surface area (Å²) in [5.41, 5.74) is 4.76. The van der Waals surface area contributed by atoms with Crippen molar-refractivity contribution in [2.45, 2.75) is 156 Å². The minimum absolute atomic E-state index is 0.0282. The molecule has 3 aliphatic carbocycles. The SMILES string of the molecule is Cc1cc2c(O)c(c1)C=N[C@]1(C)CC[C@H](N=Cc3cc(C)cc(c3O)C=N[C@]3(C)CC[C@H](N=Cc4cc(C)cc(c4O)C=N[C@]4(C)CC[C@H](N=C2)C4(C)C)C3(C)C)C1(C)C. The lowest BCUT2D eigenvalue weighted by atomic mass is 9.74. The fourth-order valence-corrected chi connectivity index (χ4v) is 10.1. The lowest BCUT2D eigenvalue weighted by Crippen LogP contribution is -2.40. The Bertz CT molecular complexity index is 2110. The summed E-state index contributed by atoms with van der Waals surface area (Å²) in [6.45, 7) is 25.9. The van der Waals surface area contributed by atoms with E-state index >= 15 is 0 Å². The van der Waals surface area contributed by atoms with Crippen LogP contribution in [0, 0.1) is 37.0 Å². The van der Waals surface area contributed by atoms with Crippen molar-refractivity contribution >= 4 is 37.3 Å². The lowest BCUT2D eigenvalue weighted by Gasteiger charge is -2.37. The standard InChI is InChI=1S/C51H66N6O3/c1-31-19-34-25-52-40-13-17-50(11,46(40,4)5)56-29-38-23-33(3)21-36(45(38)60)27-54-42-15-18-51(12,48(42,8)9)57-30-39-24-32(2)20-35(44(39)59)26-53-41-14-16-49(10,47(41,6)7)55-28-37(22-31)43(34)58/h19-30,40-42,58-60H,13-18H2,1-12H3/t40-,41-,42-,49+,50+,51+/m0/s1. The largest absolute Gasteiger partial charge is 0.507 e. The zero-order chi connectivity index (χ0) is 43.6. The van der Waals surface area contributed by atoms with E-state index in [1.54, 1.807) is 0 Å². The highest BCUT2D eigenvalue weighted by atomic mass is 16.3. The Morgan fingerprint density at radius 1 is 0.383 bits per heavy atom. The molecular weight excluding hydrogens is 745 g/mol. The van der Waals surface area contributed by atoms with E-state index in [1.807, 2.05) is 94.5 Å². The molecule has 0 saturated heterocycles. The molecule has 9 nitrogen and oxygen atoms in total. The molecule has 0 radical (unpaired) electrons. The molecule has 0 aromatic heterocycles. The van der Waals surface area contributed by atoms with Crippen molar-refractivity contribution in [2.75, 3.05) is 0 Å². The zero-order valence-corrected chi connectivity index (χ0v) is 37.9. The van der Waals surface area contributed by atoms with E-state index in [2.05, 4.69) is 62.3 Å². The third-order valence-electron chi connectivity index (χ3n) is 16.0. The predicted molar refractivity (Wildman–Crippen MR) is 250 cm³/mol. The average molecular weight is 811 g/mol. The molecule has 7 rings (SSSR count). The molecule has 0 amide bonds. The number of phenolic OH excluding ortho intramolecular Hbond substituents is 3. The molecule has 12 bridgehead atoms. The summed E-state index contributed by atoms with van der Waals surface area (Å²) in [7, 11) is 0. The van der Waals surface area contributed by atoms with Gasteiger partial charge in [0.1, 0.15) is 17.2 Å². The summed E-state index contributed by atoms with van der Waals surface area (Å²) >= 11 is 0. The highest BCUT2D eigenvalue weighted by Gasteiger charge is 2.53. The van der Waals surface area contributed by atoms with Gasteiger partial charge in [0.05, 0.1) is 34.7 Å². The Kier molecular flexibility index (Phi) is 10.9. The minimum atomic E-state index is -0.437. The van der Waals surface area contributed by atoms with Crippen LogP contribution in [-0.2, 0) is 0 Å². The van der Waals surface area contributed by atoms with Crippen molar-refractivity contribution in [1.29, 1.82) is 0 Å². The van der Waals surface area contributed by atoms with Crippen LogP contribution >= 0.6 is 0 Å². The van der Waals surface area contributed by atoms with Crippen LogP contribution in [0.4, 0.5) is 0 Å². The van der Waals surface area contributed by atoms with Gasteiger partial charge in [-0.2, -0.15) is 0 Å². The van der Waals surface area contributed by atoms with Crippen molar-refractivity contribution < 1.29 is 15.3 Å². The van der Waals surface area contributed by atoms with Gasteiger partial charge in [0.15, 0.2) is 0 Å². The third kappa shape index (κ3) is 7.44. The molecule has 6 atom stereocenters. The van der Waals surface area contributed by atoms with Crippen LogP contribution < -0.4 is 0 Å². The molecule has 3 aromatic rings. The van der Waals surface area contributed by atoms with Gasteiger partial charge in [-0.15, -0.1) is 0 Å². The number of hydrogen-bond donors (Lipinski definition) is 3. The van der Waals surface area contributed by atoms with Gasteiger partial charge in [0.2, 0.25) is 0 Å². The van der Waals surface area contributed by atoms with Gasteiger partial charge in [0.25, 0.3) is 0 Å². The van der Waals surface area contributed by atoms with Gasteiger partial charge in [-0.3, -0.25) is 30.0 Å². The number of benzene rings is 3. The minimum Gasteiger partial charge on any atom is -0.507 e. The first kappa shape index (κ1) is 43.2. The summed E-state index contributed by atoms with van der Waals surface area (Å²) in [5, 5.41) is 34.8. The summed E-state index contributed by atoms with van der Waals surface area (Å²) < 4.78 is 0. The Hall–Kier alpha value is -4.92. The zero-order valence-electron chi connectivity index (χ0n) is 37.9. The topological polar surface area (TPSA) is 135 Å². The molecule has 4 aliphatic rings. The van der Waals surface area contributed by atoms with E-state index in [0.717, 1.165) is 55.2 Å². The fourth-order valence-electron chi connectivity index (χ4n) is 10.1. The van der Waals surface area contributed by atoms with Gasteiger partial charge in [-0.1, -0.05) is 41.5 Å². The summed E-state index contributed by atoms with van der Waals surface area (Å²) in [6.07, 6.45) is 15.9. The van der Waals surface area contributed by atoms with Crippen molar-refractivity contribution in [3.8, 4) is 17.2 Å². The quantitative estimate of drug-likeness (QED) is 0.209. The van der Waals surface area contributed by atoms with Crippen molar-refractivity contribution in [3.05, 3.63) is 86.5 Å². The first-order valence-corrected chi connectivity index (χ1v) is 21.8. The van der Waals surface area contributed by atoms with Gasteiger partial charge in [0, 0.05) is 86.9 Å². The highest BCUT2D eigenvalue weighted by Crippen LogP contribution is 2.52. The Morgan fingerprint density at radius 3 is 0.833 bits per heavy atom.